The normalized spacial score (nSPS) is 11.0. The van der Waals surface area contributed by atoms with Crippen LogP contribution in [0.15, 0.2) is 11.4 Å². The van der Waals surface area contributed by atoms with Crippen molar-refractivity contribution in [2.24, 2.45) is 5.84 Å². The molecular formula is C15H23N5S. The van der Waals surface area contributed by atoms with E-state index < -0.39 is 0 Å². The van der Waals surface area contributed by atoms with Gasteiger partial charge in [-0.1, -0.05) is 20.8 Å². The number of hydrazine groups is 1. The number of nitrogens with two attached hydrogens (primary N) is 1. The summed E-state index contributed by atoms with van der Waals surface area (Å²) in [5.41, 5.74) is 4.99. The summed E-state index contributed by atoms with van der Waals surface area (Å²) in [5.74, 6) is 8.13. The molecule has 2 aromatic heterocycles. The summed E-state index contributed by atoms with van der Waals surface area (Å²) in [6, 6.07) is 2.18. The van der Waals surface area contributed by atoms with Crippen molar-refractivity contribution in [1.29, 1.82) is 0 Å². The molecule has 2 aromatic rings. The Morgan fingerprint density at radius 1 is 1.29 bits per heavy atom. The minimum atomic E-state index is 0.256. The van der Waals surface area contributed by atoms with E-state index in [0.717, 1.165) is 30.2 Å². The Balaban J connectivity index is 2.24. The molecule has 0 fully saturated rings. The van der Waals surface area contributed by atoms with Gasteiger partial charge in [-0.2, -0.15) is 0 Å². The van der Waals surface area contributed by atoms with Gasteiger partial charge in [-0.3, -0.25) is 0 Å². The lowest BCUT2D eigenvalue weighted by Gasteiger charge is -2.15. The molecule has 21 heavy (non-hydrogen) atoms. The first-order valence-electron chi connectivity index (χ1n) is 7.21. The average Bonchev–Trinajstić information content (AvgIpc) is 2.93. The summed E-state index contributed by atoms with van der Waals surface area (Å²) < 4.78 is 0. The molecule has 0 atom stereocenters. The van der Waals surface area contributed by atoms with Crippen molar-refractivity contribution in [2.75, 3.05) is 10.7 Å². The number of nitrogens with zero attached hydrogens (tertiary/aromatic N) is 2. The first-order chi connectivity index (χ1) is 10.1. The second kappa shape index (κ2) is 6.87. The van der Waals surface area contributed by atoms with Crippen molar-refractivity contribution in [2.45, 2.75) is 46.6 Å². The molecule has 0 unspecified atom stereocenters. The fraction of sp³-hybridized carbons (Fsp3) is 0.467. The summed E-state index contributed by atoms with van der Waals surface area (Å²) in [4.78, 5) is 10.4. The lowest BCUT2D eigenvalue weighted by Crippen LogP contribution is -2.15. The number of hydrogen-bond acceptors (Lipinski definition) is 6. The second-order valence-corrected chi connectivity index (χ2v) is 6.28. The van der Waals surface area contributed by atoms with Crippen LogP contribution in [0.25, 0.3) is 0 Å². The number of thiophene rings is 1. The number of aryl methyl sites for hydroxylation is 1. The van der Waals surface area contributed by atoms with Gasteiger partial charge < -0.3 is 10.7 Å². The average molecular weight is 305 g/mol. The number of nitrogens with one attached hydrogen (secondary N) is 2. The number of rotatable bonds is 6. The smallest absolute Gasteiger partial charge is 0.148 e. The predicted octanol–water partition coefficient (Wildman–Crippen LogP) is 3.43. The predicted molar refractivity (Wildman–Crippen MR) is 89.7 cm³/mol. The molecule has 2 rings (SSSR count). The minimum Gasteiger partial charge on any atom is -0.365 e. The summed E-state index contributed by atoms with van der Waals surface area (Å²) in [6.45, 7) is 9.07. The number of anilines is 2. The van der Waals surface area contributed by atoms with Crippen LogP contribution >= 0.6 is 11.3 Å². The van der Waals surface area contributed by atoms with Crippen LogP contribution in [-0.4, -0.2) is 9.97 Å². The van der Waals surface area contributed by atoms with Gasteiger partial charge in [-0.25, -0.2) is 15.8 Å². The maximum Gasteiger partial charge on any atom is 0.148 e. The zero-order chi connectivity index (χ0) is 15.4. The molecular weight excluding hydrogens is 282 g/mol. The molecule has 0 aliphatic rings. The molecule has 5 nitrogen and oxygen atoms in total. The van der Waals surface area contributed by atoms with Gasteiger partial charge in [-0.15, -0.1) is 11.3 Å². The molecule has 0 bridgehead atoms. The molecule has 4 N–H and O–H groups in total. The standard InChI is InChI=1S/C15H23N5S/c1-5-11-6-7-21-12(11)8-17-14-10(4)15(20-16)19-13(18-14)9(2)3/h6-7,9H,5,8,16H2,1-4H3,(H2,17,18,19,20). The van der Waals surface area contributed by atoms with Gasteiger partial charge in [0, 0.05) is 16.4 Å². The van der Waals surface area contributed by atoms with Crippen LogP contribution in [0.1, 0.15) is 48.5 Å². The van der Waals surface area contributed by atoms with Crippen molar-refractivity contribution < 1.29 is 0 Å². The summed E-state index contributed by atoms with van der Waals surface area (Å²) in [5, 5.41) is 5.56. The molecule has 0 amide bonds. The third-order valence-electron chi connectivity index (χ3n) is 3.45. The molecule has 114 valence electrons. The van der Waals surface area contributed by atoms with E-state index >= 15 is 0 Å². The SMILES string of the molecule is CCc1ccsc1CNc1nc(C(C)C)nc(NN)c1C. The third-order valence-corrected chi connectivity index (χ3v) is 4.41. The Morgan fingerprint density at radius 3 is 2.62 bits per heavy atom. The Morgan fingerprint density at radius 2 is 2.00 bits per heavy atom. The van der Waals surface area contributed by atoms with Crippen molar-refractivity contribution in [1.82, 2.24) is 9.97 Å². The van der Waals surface area contributed by atoms with Crippen LogP contribution in [0.4, 0.5) is 11.6 Å². The largest absolute Gasteiger partial charge is 0.365 e. The summed E-state index contributed by atoms with van der Waals surface area (Å²) in [6.07, 6.45) is 1.05. The summed E-state index contributed by atoms with van der Waals surface area (Å²) >= 11 is 1.77. The number of hydrogen-bond donors (Lipinski definition) is 3. The van der Waals surface area contributed by atoms with Crippen LogP contribution in [0.2, 0.25) is 0 Å². The van der Waals surface area contributed by atoms with Gasteiger partial charge in [0.25, 0.3) is 0 Å². The van der Waals surface area contributed by atoms with E-state index in [-0.39, 0.29) is 5.92 Å². The van der Waals surface area contributed by atoms with E-state index in [9.17, 15) is 0 Å². The monoisotopic (exact) mass is 305 g/mol. The van der Waals surface area contributed by atoms with Gasteiger partial charge in [-0.05, 0) is 30.4 Å². The second-order valence-electron chi connectivity index (χ2n) is 5.28. The van der Waals surface area contributed by atoms with Gasteiger partial charge in [0.15, 0.2) is 0 Å². The molecule has 6 heteroatoms. The molecule has 0 aliphatic carbocycles. The zero-order valence-electron chi connectivity index (χ0n) is 13.0. The van der Waals surface area contributed by atoms with Crippen LogP contribution in [0.3, 0.4) is 0 Å². The minimum absolute atomic E-state index is 0.256. The van der Waals surface area contributed by atoms with Gasteiger partial charge in [0.05, 0.1) is 6.54 Å². The molecule has 0 saturated heterocycles. The van der Waals surface area contributed by atoms with Crippen molar-refractivity contribution in [3.63, 3.8) is 0 Å². The molecule has 0 aromatic carbocycles. The van der Waals surface area contributed by atoms with Crippen molar-refractivity contribution in [3.8, 4) is 0 Å². The van der Waals surface area contributed by atoms with Crippen LogP contribution in [-0.2, 0) is 13.0 Å². The molecule has 0 radical (unpaired) electrons. The quantitative estimate of drug-likeness (QED) is 0.563. The lowest BCUT2D eigenvalue weighted by atomic mass is 10.2. The molecule has 0 aliphatic heterocycles. The van der Waals surface area contributed by atoms with Crippen LogP contribution in [0.5, 0.6) is 0 Å². The Labute approximate surface area is 130 Å². The highest BCUT2D eigenvalue weighted by Crippen LogP contribution is 2.24. The van der Waals surface area contributed by atoms with E-state index in [1.807, 2.05) is 6.92 Å². The number of aromatic nitrogens is 2. The van der Waals surface area contributed by atoms with Gasteiger partial charge in [0.2, 0.25) is 0 Å². The third kappa shape index (κ3) is 3.51. The van der Waals surface area contributed by atoms with E-state index in [1.54, 1.807) is 11.3 Å². The van der Waals surface area contributed by atoms with E-state index in [0.29, 0.717) is 5.82 Å². The van der Waals surface area contributed by atoms with Crippen molar-refractivity contribution >= 4 is 23.0 Å². The van der Waals surface area contributed by atoms with Crippen LogP contribution < -0.4 is 16.6 Å². The Kier molecular flexibility index (Phi) is 5.14. The number of nitrogen functional groups attached to an aromatic ring is 1. The topological polar surface area (TPSA) is 75.9 Å². The Bertz CT molecular complexity index is 606. The van der Waals surface area contributed by atoms with Gasteiger partial charge >= 0.3 is 0 Å². The highest BCUT2D eigenvalue weighted by Gasteiger charge is 2.13. The highest BCUT2D eigenvalue weighted by molar-refractivity contribution is 7.10. The lowest BCUT2D eigenvalue weighted by molar-refractivity contribution is 0.772. The molecule has 0 spiro atoms. The van der Waals surface area contributed by atoms with E-state index in [4.69, 9.17) is 5.84 Å². The van der Waals surface area contributed by atoms with E-state index in [2.05, 4.69) is 52.9 Å². The maximum absolute atomic E-state index is 5.56. The maximum atomic E-state index is 5.56. The first-order valence-corrected chi connectivity index (χ1v) is 8.09. The van der Waals surface area contributed by atoms with E-state index in [1.165, 1.54) is 10.4 Å². The van der Waals surface area contributed by atoms with Gasteiger partial charge in [0.1, 0.15) is 17.5 Å². The molecule has 0 saturated carbocycles. The summed E-state index contributed by atoms with van der Waals surface area (Å²) in [7, 11) is 0. The van der Waals surface area contributed by atoms with Crippen molar-refractivity contribution in [3.05, 3.63) is 33.3 Å². The first kappa shape index (κ1) is 15.7. The fourth-order valence-corrected chi connectivity index (χ4v) is 3.02. The zero-order valence-corrected chi connectivity index (χ0v) is 13.8. The Hall–Kier alpha value is -1.66. The van der Waals surface area contributed by atoms with Crippen LogP contribution in [0, 0.1) is 6.92 Å². The fourth-order valence-electron chi connectivity index (χ4n) is 2.11. The molecule has 2 heterocycles. The highest BCUT2D eigenvalue weighted by atomic mass is 32.1.